The molecule has 2 fully saturated rings. The standard InChI is InChI=1S/C32H52N3O7P/c1-5-41-43(40,42-6-2)30(38)27-22-32(18-19-33-31(32)39)17-13-8-7-12-16-25(21-24-14-10-9-11-15-24)28(36)34-26(20-23(3)4)29(37)35-27/h9-11,14-15,23,25-27,30,38H,5-8,12-13,16-22H2,1-4H3,(H,33,39)(H,34,36)(H,35,37)/t25?,26-,27-,30-,32?/m0/s1. The molecular formula is C32H52N3O7P. The Balaban J connectivity index is 1.98. The van der Waals surface area contributed by atoms with Crippen molar-refractivity contribution in [2.45, 2.75) is 110 Å². The third-order valence-corrected chi connectivity index (χ3v) is 10.8. The topological polar surface area (TPSA) is 143 Å². The van der Waals surface area contributed by atoms with E-state index in [1.165, 1.54) is 0 Å². The van der Waals surface area contributed by atoms with Crippen molar-refractivity contribution in [3.8, 4) is 0 Å². The van der Waals surface area contributed by atoms with Crippen molar-refractivity contribution in [2.75, 3.05) is 19.8 Å². The summed E-state index contributed by atoms with van der Waals surface area (Å²) in [7, 11) is -4.07. The molecule has 2 unspecified atom stereocenters. The number of benzene rings is 1. The smallest absolute Gasteiger partial charge is 0.360 e. The number of carbonyl (C=O) groups is 3. The van der Waals surface area contributed by atoms with E-state index in [1.807, 2.05) is 44.2 Å². The van der Waals surface area contributed by atoms with Gasteiger partial charge in [0.15, 0.2) is 5.85 Å². The van der Waals surface area contributed by atoms with Gasteiger partial charge in [-0.25, -0.2) is 0 Å². The molecule has 2 saturated heterocycles. The van der Waals surface area contributed by atoms with E-state index >= 15 is 0 Å². The molecule has 5 atom stereocenters. The lowest BCUT2D eigenvalue weighted by molar-refractivity contribution is -0.133. The maximum absolute atomic E-state index is 13.9. The summed E-state index contributed by atoms with van der Waals surface area (Å²) in [4.78, 5) is 40.9. The molecule has 10 nitrogen and oxygen atoms in total. The maximum atomic E-state index is 13.9. The SMILES string of the molecule is CCOP(=O)(OCC)[C@H](O)[C@@H]1CC2(CCCCCCC(Cc3ccccc3)C(=O)N[C@@H](CC(C)C)C(=O)N1)CCNC2=O. The number of hydrogen-bond acceptors (Lipinski definition) is 7. The molecule has 4 N–H and O–H groups in total. The maximum Gasteiger partial charge on any atom is 0.360 e. The Hall–Kier alpha value is -2.26. The minimum absolute atomic E-state index is 0.0372. The highest BCUT2D eigenvalue weighted by molar-refractivity contribution is 7.54. The summed E-state index contributed by atoms with van der Waals surface area (Å²) in [6.45, 7) is 7.82. The molecule has 1 aromatic rings. The second-order valence-electron chi connectivity index (χ2n) is 12.4. The van der Waals surface area contributed by atoms with Crippen molar-refractivity contribution < 1.29 is 33.1 Å². The van der Waals surface area contributed by atoms with E-state index in [0.29, 0.717) is 38.6 Å². The summed E-state index contributed by atoms with van der Waals surface area (Å²) >= 11 is 0. The second kappa shape index (κ2) is 16.7. The summed E-state index contributed by atoms with van der Waals surface area (Å²) in [6, 6.07) is 7.90. The third kappa shape index (κ3) is 9.87. The van der Waals surface area contributed by atoms with Crippen LogP contribution >= 0.6 is 7.60 Å². The van der Waals surface area contributed by atoms with Crippen molar-refractivity contribution in [3.05, 3.63) is 35.9 Å². The minimum atomic E-state index is -4.07. The van der Waals surface area contributed by atoms with Gasteiger partial charge >= 0.3 is 7.60 Å². The number of amides is 3. The van der Waals surface area contributed by atoms with Gasteiger partial charge in [-0.15, -0.1) is 0 Å². The van der Waals surface area contributed by atoms with Gasteiger partial charge in [0.2, 0.25) is 17.7 Å². The Kier molecular flexibility index (Phi) is 13.7. The zero-order valence-corrected chi connectivity index (χ0v) is 27.2. The number of rotatable bonds is 10. The molecule has 3 rings (SSSR count). The van der Waals surface area contributed by atoms with Gasteiger partial charge < -0.3 is 30.1 Å². The number of nitrogens with one attached hydrogen (secondary N) is 3. The van der Waals surface area contributed by atoms with E-state index < -0.39 is 36.8 Å². The molecule has 0 saturated carbocycles. The van der Waals surface area contributed by atoms with Crippen LogP contribution in [0.5, 0.6) is 0 Å². The van der Waals surface area contributed by atoms with Crippen LogP contribution in [-0.2, 0) is 34.4 Å². The molecule has 0 aliphatic carbocycles. The molecule has 0 bridgehead atoms. The van der Waals surface area contributed by atoms with Crippen molar-refractivity contribution in [1.82, 2.24) is 16.0 Å². The molecule has 242 valence electrons. The quantitative estimate of drug-likeness (QED) is 0.278. The molecule has 3 amide bonds. The number of hydrogen-bond donors (Lipinski definition) is 4. The van der Waals surface area contributed by atoms with Gasteiger partial charge in [-0.05, 0) is 63.9 Å². The van der Waals surface area contributed by atoms with Crippen LogP contribution in [0.25, 0.3) is 0 Å². The Morgan fingerprint density at radius 3 is 2.23 bits per heavy atom. The molecule has 0 radical (unpaired) electrons. The molecular weight excluding hydrogens is 569 g/mol. The second-order valence-corrected chi connectivity index (χ2v) is 14.5. The van der Waals surface area contributed by atoms with Crippen LogP contribution < -0.4 is 16.0 Å². The van der Waals surface area contributed by atoms with Gasteiger partial charge in [-0.1, -0.05) is 69.9 Å². The summed E-state index contributed by atoms with van der Waals surface area (Å²) < 4.78 is 24.7. The van der Waals surface area contributed by atoms with E-state index in [1.54, 1.807) is 13.8 Å². The first-order chi connectivity index (χ1) is 20.5. The van der Waals surface area contributed by atoms with Crippen LogP contribution in [0.2, 0.25) is 0 Å². The van der Waals surface area contributed by atoms with Crippen molar-refractivity contribution in [3.63, 3.8) is 0 Å². The molecule has 43 heavy (non-hydrogen) atoms. The number of aliphatic hydroxyl groups excluding tert-OH is 1. The van der Waals surface area contributed by atoms with E-state index in [4.69, 9.17) is 9.05 Å². The van der Waals surface area contributed by atoms with Gasteiger partial charge in [-0.2, -0.15) is 0 Å². The average molecular weight is 622 g/mol. The Morgan fingerprint density at radius 2 is 1.63 bits per heavy atom. The van der Waals surface area contributed by atoms with E-state index in [2.05, 4.69) is 16.0 Å². The van der Waals surface area contributed by atoms with Gasteiger partial charge in [0.1, 0.15) is 6.04 Å². The van der Waals surface area contributed by atoms with Crippen molar-refractivity contribution in [2.24, 2.45) is 17.3 Å². The summed E-state index contributed by atoms with van der Waals surface area (Å²) in [5.74, 6) is -2.72. The van der Waals surface area contributed by atoms with Crippen LogP contribution in [0.4, 0.5) is 0 Å². The molecule has 11 heteroatoms. The third-order valence-electron chi connectivity index (χ3n) is 8.60. The van der Waals surface area contributed by atoms with Crippen molar-refractivity contribution >= 4 is 25.3 Å². The van der Waals surface area contributed by atoms with E-state index in [0.717, 1.165) is 31.2 Å². The van der Waals surface area contributed by atoms with Crippen LogP contribution in [0.15, 0.2) is 30.3 Å². The lowest BCUT2D eigenvalue weighted by Gasteiger charge is -2.36. The molecule has 2 aliphatic heterocycles. The predicted molar refractivity (Wildman–Crippen MR) is 166 cm³/mol. The van der Waals surface area contributed by atoms with Gasteiger partial charge in [-0.3, -0.25) is 18.9 Å². The van der Waals surface area contributed by atoms with E-state index in [-0.39, 0.29) is 43.3 Å². The van der Waals surface area contributed by atoms with Crippen LogP contribution in [-0.4, -0.2) is 60.5 Å². The molecule has 1 spiro atoms. The van der Waals surface area contributed by atoms with Crippen LogP contribution in [0.1, 0.15) is 91.0 Å². The number of carbonyl (C=O) groups excluding carboxylic acids is 3. The fourth-order valence-electron chi connectivity index (χ4n) is 6.38. The largest absolute Gasteiger partial charge is 0.379 e. The first-order valence-electron chi connectivity index (χ1n) is 16.0. The van der Waals surface area contributed by atoms with Crippen LogP contribution in [0.3, 0.4) is 0 Å². The summed E-state index contributed by atoms with van der Waals surface area (Å²) in [6.07, 6.45) is 6.28. The predicted octanol–water partition coefficient (Wildman–Crippen LogP) is 4.70. The Morgan fingerprint density at radius 1 is 0.953 bits per heavy atom. The molecule has 1 aromatic carbocycles. The average Bonchev–Trinajstić information content (AvgIpc) is 3.32. The Labute approximate surface area is 257 Å². The first kappa shape index (κ1) is 35.2. The van der Waals surface area contributed by atoms with E-state index in [9.17, 15) is 24.1 Å². The zero-order valence-electron chi connectivity index (χ0n) is 26.3. The molecule has 2 heterocycles. The van der Waals surface area contributed by atoms with Gasteiger partial charge in [0, 0.05) is 12.5 Å². The lowest BCUT2D eigenvalue weighted by atomic mass is 9.75. The first-order valence-corrected chi connectivity index (χ1v) is 17.6. The zero-order chi connectivity index (χ0) is 31.5. The fraction of sp³-hybridized carbons (Fsp3) is 0.719. The summed E-state index contributed by atoms with van der Waals surface area (Å²) in [5.41, 5.74) is 0.222. The highest BCUT2D eigenvalue weighted by Crippen LogP contribution is 2.54. The number of aliphatic hydroxyl groups is 1. The van der Waals surface area contributed by atoms with Crippen LogP contribution in [0, 0.1) is 17.3 Å². The highest BCUT2D eigenvalue weighted by Gasteiger charge is 2.49. The van der Waals surface area contributed by atoms with Crippen molar-refractivity contribution in [1.29, 1.82) is 0 Å². The minimum Gasteiger partial charge on any atom is -0.379 e. The van der Waals surface area contributed by atoms with Gasteiger partial charge in [0.25, 0.3) is 0 Å². The fourth-order valence-corrected chi connectivity index (χ4v) is 8.10. The lowest BCUT2D eigenvalue weighted by Crippen LogP contribution is -2.55. The van der Waals surface area contributed by atoms with Gasteiger partial charge in [0.05, 0.1) is 24.7 Å². The highest BCUT2D eigenvalue weighted by atomic mass is 31.2. The summed E-state index contributed by atoms with van der Waals surface area (Å²) in [5, 5.41) is 20.4. The molecule has 0 aromatic heterocycles. The molecule has 2 aliphatic rings. The normalized spacial score (nSPS) is 27.2. The Bertz CT molecular complexity index is 1090. The monoisotopic (exact) mass is 621 g/mol.